The molecule has 1 N–H and O–H groups in total. The highest BCUT2D eigenvalue weighted by atomic mass is 16.7. The molecule has 0 unspecified atom stereocenters. The summed E-state index contributed by atoms with van der Waals surface area (Å²) >= 11 is 0. The normalized spacial score (nSPS) is 34.7. The first-order valence-electron chi connectivity index (χ1n) is 4.18. The molecule has 1 aliphatic heterocycles. The molecule has 0 aliphatic carbocycles. The van der Waals surface area contributed by atoms with Crippen LogP contribution in [-0.2, 0) is 9.47 Å². The van der Waals surface area contributed by atoms with Gasteiger partial charge in [0.1, 0.15) is 6.10 Å². The fraction of sp³-hybridized carbons (Fsp3) is 0.778. The van der Waals surface area contributed by atoms with Crippen LogP contribution in [0.3, 0.4) is 0 Å². The monoisotopic (exact) mass is 172 g/mol. The van der Waals surface area contributed by atoms with Crippen LogP contribution in [0.1, 0.15) is 20.8 Å². The van der Waals surface area contributed by atoms with Crippen LogP contribution in [-0.4, -0.2) is 29.7 Å². The first kappa shape index (κ1) is 9.71. The number of hydrogen-bond acceptors (Lipinski definition) is 3. The lowest BCUT2D eigenvalue weighted by Crippen LogP contribution is -2.20. The topological polar surface area (TPSA) is 38.7 Å². The van der Waals surface area contributed by atoms with Crippen LogP contribution < -0.4 is 0 Å². The lowest BCUT2D eigenvalue weighted by Gasteiger charge is -2.15. The van der Waals surface area contributed by atoms with E-state index in [1.54, 1.807) is 6.08 Å². The molecule has 0 radical (unpaired) electrons. The highest BCUT2D eigenvalue weighted by Gasteiger charge is 2.36. The second kappa shape index (κ2) is 3.56. The van der Waals surface area contributed by atoms with Gasteiger partial charge in [-0.3, -0.25) is 0 Å². The molecule has 1 saturated heterocycles. The highest BCUT2D eigenvalue weighted by Crippen LogP contribution is 2.28. The maximum absolute atomic E-state index is 8.56. The zero-order valence-electron chi connectivity index (χ0n) is 7.78. The Morgan fingerprint density at radius 3 is 2.50 bits per heavy atom. The smallest absolute Gasteiger partial charge is 0.164 e. The van der Waals surface area contributed by atoms with Crippen molar-refractivity contribution >= 4 is 0 Å². The predicted molar refractivity (Wildman–Crippen MR) is 45.7 cm³/mol. The zero-order valence-corrected chi connectivity index (χ0v) is 7.78. The first-order chi connectivity index (χ1) is 5.55. The van der Waals surface area contributed by atoms with Crippen LogP contribution in [0.4, 0.5) is 0 Å². The molecule has 0 bridgehead atoms. The van der Waals surface area contributed by atoms with Crippen molar-refractivity contribution in [2.45, 2.75) is 38.8 Å². The van der Waals surface area contributed by atoms with Gasteiger partial charge in [-0.25, -0.2) is 0 Å². The molecule has 1 rings (SSSR count). The van der Waals surface area contributed by atoms with Crippen molar-refractivity contribution in [2.75, 3.05) is 6.61 Å². The van der Waals surface area contributed by atoms with Gasteiger partial charge in [0.25, 0.3) is 0 Å². The Morgan fingerprint density at radius 2 is 2.08 bits per heavy atom. The van der Waals surface area contributed by atoms with E-state index in [1.165, 1.54) is 0 Å². The molecular weight excluding hydrogens is 156 g/mol. The predicted octanol–water partition coefficient (Wildman–Crippen LogP) is 1.07. The Hall–Kier alpha value is -0.380. The minimum atomic E-state index is -0.496. The standard InChI is InChI=1S/C9H16O3/c1-7-8(5-4-6-10)12-9(2,3)11-7/h4-5,7-8,10H,6H2,1-3H3/b5-4+/t7-,8+/m1/s1. The molecule has 0 saturated carbocycles. The second-order valence-corrected chi connectivity index (χ2v) is 3.42. The van der Waals surface area contributed by atoms with E-state index in [9.17, 15) is 0 Å². The van der Waals surface area contributed by atoms with E-state index >= 15 is 0 Å². The van der Waals surface area contributed by atoms with Crippen molar-refractivity contribution < 1.29 is 14.6 Å². The first-order valence-corrected chi connectivity index (χ1v) is 4.18. The van der Waals surface area contributed by atoms with Crippen LogP contribution >= 0.6 is 0 Å². The third kappa shape index (κ3) is 2.30. The van der Waals surface area contributed by atoms with Crippen LogP contribution in [0.25, 0.3) is 0 Å². The molecule has 3 nitrogen and oxygen atoms in total. The van der Waals surface area contributed by atoms with Crippen LogP contribution in [0.5, 0.6) is 0 Å². The molecule has 3 heteroatoms. The summed E-state index contributed by atoms with van der Waals surface area (Å²) < 4.78 is 11.0. The quantitative estimate of drug-likeness (QED) is 0.633. The molecule has 0 spiro atoms. The Morgan fingerprint density at radius 1 is 1.42 bits per heavy atom. The van der Waals surface area contributed by atoms with Gasteiger partial charge in [0.05, 0.1) is 12.7 Å². The number of ether oxygens (including phenoxy) is 2. The Bertz CT molecular complexity index is 175. The summed E-state index contributed by atoms with van der Waals surface area (Å²) in [5.74, 6) is -0.496. The van der Waals surface area contributed by atoms with Crippen LogP contribution in [0, 0.1) is 0 Å². The molecule has 0 amide bonds. The van der Waals surface area contributed by atoms with Crippen LogP contribution in [0.15, 0.2) is 12.2 Å². The zero-order chi connectivity index (χ0) is 9.19. The van der Waals surface area contributed by atoms with E-state index in [4.69, 9.17) is 14.6 Å². The number of hydrogen-bond donors (Lipinski definition) is 1. The maximum atomic E-state index is 8.56. The van der Waals surface area contributed by atoms with Gasteiger partial charge in [-0.05, 0) is 20.8 Å². The van der Waals surface area contributed by atoms with Crippen molar-refractivity contribution in [3.63, 3.8) is 0 Å². The average molecular weight is 172 g/mol. The summed E-state index contributed by atoms with van der Waals surface area (Å²) in [6, 6.07) is 0. The molecule has 1 heterocycles. The summed E-state index contributed by atoms with van der Waals surface area (Å²) in [6.07, 6.45) is 3.53. The van der Waals surface area contributed by atoms with Crippen molar-refractivity contribution in [1.82, 2.24) is 0 Å². The van der Waals surface area contributed by atoms with Crippen molar-refractivity contribution in [2.24, 2.45) is 0 Å². The lowest BCUT2D eigenvalue weighted by molar-refractivity contribution is -0.141. The van der Waals surface area contributed by atoms with Gasteiger partial charge in [0.2, 0.25) is 0 Å². The van der Waals surface area contributed by atoms with Gasteiger partial charge in [-0.15, -0.1) is 0 Å². The van der Waals surface area contributed by atoms with Crippen molar-refractivity contribution in [3.8, 4) is 0 Å². The molecular formula is C9H16O3. The maximum Gasteiger partial charge on any atom is 0.164 e. The van der Waals surface area contributed by atoms with Gasteiger partial charge in [-0.1, -0.05) is 12.2 Å². The van der Waals surface area contributed by atoms with E-state index in [1.807, 2.05) is 26.8 Å². The molecule has 0 aromatic heterocycles. The van der Waals surface area contributed by atoms with Crippen molar-refractivity contribution in [1.29, 1.82) is 0 Å². The van der Waals surface area contributed by atoms with Gasteiger partial charge < -0.3 is 14.6 Å². The third-order valence-electron chi connectivity index (χ3n) is 1.78. The Balaban J connectivity index is 2.52. The van der Waals surface area contributed by atoms with E-state index in [-0.39, 0.29) is 18.8 Å². The molecule has 0 aromatic rings. The van der Waals surface area contributed by atoms with Gasteiger partial charge in [0.15, 0.2) is 5.79 Å². The second-order valence-electron chi connectivity index (χ2n) is 3.42. The fourth-order valence-electron chi connectivity index (χ4n) is 1.36. The van der Waals surface area contributed by atoms with Gasteiger partial charge in [-0.2, -0.15) is 0 Å². The van der Waals surface area contributed by atoms with Crippen molar-refractivity contribution in [3.05, 3.63) is 12.2 Å². The van der Waals surface area contributed by atoms with Gasteiger partial charge in [0, 0.05) is 0 Å². The van der Waals surface area contributed by atoms with E-state index in [2.05, 4.69) is 0 Å². The van der Waals surface area contributed by atoms with Crippen LogP contribution in [0.2, 0.25) is 0 Å². The lowest BCUT2D eigenvalue weighted by atomic mass is 10.2. The number of aliphatic hydroxyl groups is 1. The summed E-state index contributed by atoms with van der Waals surface area (Å²) in [4.78, 5) is 0. The summed E-state index contributed by atoms with van der Waals surface area (Å²) in [7, 11) is 0. The molecule has 2 atom stereocenters. The van der Waals surface area contributed by atoms with Gasteiger partial charge >= 0.3 is 0 Å². The SMILES string of the molecule is C[C@H]1OC(C)(C)O[C@H]1/C=C/CO. The number of aliphatic hydroxyl groups excluding tert-OH is 1. The minimum Gasteiger partial charge on any atom is -0.392 e. The molecule has 70 valence electrons. The Labute approximate surface area is 73.0 Å². The van der Waals surface area contributed by atoms with E-state index < -0.39 is 5.79 Å². The molecule has 1 fully saturated rings. The van der Waals surface area contributed by atoms with E-state index in [0.717, 1.165) is 0 Å². The van der Waals surface area contributed by atoms with E-state index in [0.29, 0.717) is 0 Å². The Kier molecular flexibility index (Phi) is 2.88. The third-order valence-corrected chi connectivity index (χ3v) is 1.78. The fourth-order valence-corrected chi connectivity index (χ4v) is 1.36. The summed E-state index contributed by atoms with van der Waals surface area (Å²) in [5.41, 5.74) is 0. The number of rotatable bonds is 2. The summed E-state index contributed by atoms with van der Waals surface area (Å²) in [6.45, 7) is 5.78. The minimum absolute atomic E-state index is 0.0350. The summed E-state index contributed by atoms with van der Waals surface area (Å²) in [5, 5.41) is 8.56. The molecule has 1 aliphatic rings. The molecule has 12 heavy (non-hydrogen) atoms. The largest absolute Gasteiger partial charge is 0.392 e. The molecule has 0 aromatic carbocycles. The average Bonchev–Trinajstić information content (AvgIpc) is 2.20. The highest BCUT2D eigenvalue weighted by molar-refractivity contribution is 4.96.